The SMILES string of the molecule is CC1(C)c2ccccc2N2c3ccccc3B3Oc4ccccc4-c4ccc1c2c43. The third kappa shape index (κ3) is 1.82. The molecule has 2 nitrogen and oxygen atoms in total. The van der Waals surface area contributed by atoms with Crippen LogP contribution in [0.25, 0.3) is 11.1 Å². The van der Waals surface area contributed by atoms with Gasteiger partial charge in [0.05, 0.1) is 5.69 Å². The maximum absolute atomic E-state index is 6.67. The Labute approximate surface area is 176 Å². The fourth-order valence-electron chi connectivity index (χ4n) is 5.68. The van der Waals surface area contributed by atoms with Crippen molar-refractivity contribution in [3.63, 3.8) is 0 Å². The molecule has 0 N–H and O–H groups in total. The molecule has 4 aromatic carbocycles. The zero-order valence-corrected chi connectivity index (χ0v) is 17.0. The highest BCUT2D eigenvalue weighted by molar-refractivity contribution is 6.85. The van der Waals surface area contributed by atoms with Gasteiger partial charge in [-0.2, -0.15) is 0 Å². The Bertz CT molecular complexity index is 1370. The fraction of sp³-hybridized carbons (Fsp3) is 0.111. The number of benzene rings is 4. The second-order valence-corrected chi connectivity index (χ2v) is 8.95. The third-order valence-electron chi connectivity index (χ3n) is 7.08. The topological polar surface area (TPSA) is 12.5 Å². The molecule has 0 aromatic heterocycles. The number of anilines is 3. The Morgan fingerprint density at radius 2 is 1.43 bits per heavy atom. The van der Waals surface area contributed by atoms with E-state index >= 15 is 0 Å². The molecule has 0 saturated carbocycles. The van der Waals surface area contributed by atoms with Crippen molar-refractivity contribution in [1.82, 2.24) is 0 Å². The van der Waals surface area contributed by atoms with Crippen LogP contribution in [0, 0.1) is 0 Å². The van der Waals surface area contributed by atoms with E-state index in [4.69, 9.17) is 4.65 Å². The van der Waals surface area contributed by atoms with E-state index in [-0.39, 0.29) is 12.3 Å². The Balaban J connectivity index is 1.66. The lowest BCUT2D eigenvalue weighted by Crippen LogP contribution is -2.57. The van der Waals surface area contributed by atoms with Gasteiger partial charge in [-0.3, -0.25) is 0 Å². The summed E-state index contributed by atoms with van der Waals surface area (Å²) in [5.41, 5.74) is 11.4. The smallest absolute Gasteiger partial charge is 0.431 e. The van der Waals surface area contributed by atoms with Crippen LogP contribution in [-0.4, -0.2) is 6.92 Å². The van der Waals surface area contributed by atoms with Crippen molar-refractivity contribution in [2.24, 2.45) is 0 Å². The van der Waals surface area contributed by atoms with Gasteiger partial charge in [-0.25, -0.2) is 0 Å². The van der Waals surface area contributed by atoms with Crippen molar-refractivity contribution in [3.05, 3.63) is 96.1 Å². The summed E-state index contributed by atoms with van der Waals surface area (Å²) in [5.74, 6) is 0.966. The summed E-state index contributed by atoms with van der Waals surface area (Å²) in [6.45, 7) is 4.60. The van der Waals surface area contributed by atoms with Gasteiger partial charge in [0.15, 0.2) is 0 Å². The number of rotatable bonds is 0. The highest BCUT2D eigenvalue weighted by Gasteiger charge is 2.48. The first-order valence-electron chi connectivity index (χ1n) is 10.6. The maximum Gasteiger partial charge on any atom is 0.431 e. The van der Waals surface area contributed by atoms with Crippen molar-refractivity contribution < 1.29 is 4.65 Å². The van der Waals surface area contributed by atoms with Gasteiger partial charge in [0.1, 0.15) is 5.75 Å². The molecule has 7 rings (SSSR count). The van der Waals surface area contributed by atoms with Crippen LogP contribution >= 0.6 is 0 Å². The molecule has 142 valence electrons. The van der Waals surface area contributed by atoms with Gasteiger partial charge in [-0.15, -0.1) is 0 Å². The fourth-order valence-corrected chi connectivity index (χ4v) is 5.68. The Morgan fingerprint density at radius 3 is 2.33 bits per heavy atom. The average Bonchev–Trinajstić information content (AvgIpc) is 2.79. The molecular formula is C27H20BNO. The van der Waals surface area contributed by atoms with Crippen LogP contribution in [-0.2, 0) is 5.41 Å². The minimum absolute atomic E-state index is 0.0781. The van der Waals surface area contributed by atoms with Gasteiger partial charge in [-0.05, 0) is 40.4 Å². The van der Waals surface area contributed by atoms with E-state index in [1.54, 1.807) is 0 Å². The van der Waals surface area contributed by atoms with Crippen LogP contribution in [0.4, 0.5) is 17.1 Å². The average molecular weight is 385 g/mol. The van der Waals surface area contributed by atoms with Crippen molar-refractivity contribution >= 4 is 34.9 Å². The van der Waals surface area contributed by atoms with E-state index in [1.807, 2.05) is 0 Å². The van der Waals surface area contributed by atoms with Crippen molar-refractivity contribution in [2.75, 3.05) is 4.90 Å². The standard InChI is InChI=1S/C27H20BNO/c1-27(2)19-10-4-6-12-22(19)29-23-13-7-5-11-21(23)28-25-18(15-16-20(27)26(25)29)17-9-3-8-14-24(17)30-28/h3-16H,1-2H3. The van der Waals surface area contributed by atoms with Crippen LogP contribution < -0.4 is 20.5 Å². The second-order valence-electron chi connectivity index (χ2n) is 8.95. The van der Waals surface area contributed by atoms with Crippen molar-refractivity contribution in [3.8, 4) is 16.9 Å². The first-order chi connectivity index (χ1) is 14.7. The molecule has 3 heteroatoms. The summed E-state index contributed by atoms with van der Waals surface area (Å²) in [6, 6.07) is 30.6. The van der Waals surface area contributed by atoms with Gasteiger partial charge < -0.3 is 9.55 Å². The molecule has 0 spiro atoms. The van der Waals surface area contributed by atoms with Crippen molar-refractivity contribution in [2.45, 2.75) is 19.3 Å². The summed E-state index contributed by atoms with van der Waals surface area (Å²) in [4.78, 5) is 2.47. The Hall–Kier alpha value is -3.46. The molecule has 0 saturated heterocycles. The molecule has 0 radical (unpaired) electrons. The highest BCUT2D eigenvalue weighted by Crippen LogP contribution is 2.53. The molecule has 4 aromatic rings. The van der Waals surface area contributed by atoms with E-state index in [1.165, 1.54) is 50.2 Å². The molecule has 3 aliphatic rings. The predicted molar refractivity (Wildman–Crippen MR) is 124 cm³/mol. The van der Waals surface area contributed by atoms with Crippen molar-refractivity contribution in [1.29, 1.82) is 0 Å². The highest BCUT2D eigenvalue weighted by atomic mass is 16.4. The first kappa shape index (κ1) is 16.4. The van der Waals surface area contributed by atoms with Gasteiger partial charge in [0.25, 0.3) is 0 Å². The second kappa shape index (κ2) is 5.37. The molecule has 0 fully saturated rings. The minimum Gasteiger partial charge on any atom is -0.551 e. The minimum atomic E-state index is -0.0848. The third-order valence-corrected chi connectivity index (χ3v) is 7.08. The zero-order valence-electron chi connectivity index (χ0n) is 17.0. The zero-order chi connectivity index (χ0) is 20.0. The molecule has 0 aliphatic carbocycles. The van der Waals surface area contributed by atoms with E-state index in [2.05, 4.69) is 104 Å². The van der Waals surface area contributed by atoms with Crippen LogP contribution in [0.15, 0.2) is 84.9 Å². The molecule has 0 atom stereocenters. The van der Waals surface area contributed by atoms with Crippen LogP contribution in [0.1, 0.15) is 25.0 Å². The molecule has 3 aliphatic heterocycles. The Kier molecular flexibility index (Phi) is 2.93. The van der Waals surface area contributed by atoms with Gasteiger partial charge in [-0.1, -0.05) is 80.6 Å². The summed E-state index contributed by atoms with van der Waals surface area (Å²) < 4.78 is 6.67. The molecule has 0 amide bonds. The molecule has 3 heterocycles. The summed E-state index contributed by atoms with van der Waals surface area (Å²) in [5, 5.41) is 0. The maximum atomic E-state index is 6.67. The quantitative estimate of drug-likeness (QED) is 0.382. The van der Waals surface area contributed by atoms with Gasteiger partial charge in [0.2, 0.25) is 0 Å². The predicted octanol–water partition coefficient (Wildman–Crippen LogP) is 5.27. The van der Waals surface area contributed by atoms with Gasteiger partial charge >= 0.3 is 6.92 Å². The number of nitrogens with zero attached hydrogens (tertiary/aromatic N) is 1. The molecule has 30 heavy (non-hydrogen) atoms. The largest absolute Gasteiger partial charge is 0.551 e. The summed E-state index contributed by atoms with van der Waals surface area (Å²) >= 11 is 0. The van der Waals surface area contributed by atoms with Crippen LogP contribution in [0.2, 0.25) is 0 Å². The number of fused-ring (bicyclic) bond motifs is 7. The summed E-state index contributed by atoms with van der Waals surface area (Å²) in [7, 11) is 0. The monoisotopic (exact) mass is 385 g/mol. The number of para-hydroxylation sites is 3. The Morgan fingerprint density at radius 1 is 0.700 bits per heavy atom. The number of hydrogen-bond donors (Lipinski definition) is 0. The molecule has 0 bridgehead atoms. The molecular weight excluding hydrogens is 365 g/mol. The van der Waals surface area contributed by atoms with Crippen LogP contribution in [0.5, 0.6) is 5.75 Å². The lowest BCUT2D eigenvalue weighted by molar-refractivity contribution is 0.588. The molecule has 0 unspecified atom stereocenters. The van der Waals surface area contributed by atoms with E-state index in [0.29, 0.717) is 0 Å². The van der Waals surface area contributed by atoms with E-state index in [9.17, 15) is 0 Å². The lowest BCUT2D eigenvalue weighted by atomic mass is 9.48. The van der Waals surface area contributed by atoms with Gasteiger partial charge in [0, 0.05) is 27.8 Å². The lowest BCUT2D eigenvalue weighted by Gasteiger charge is -2.48. The van der Waals surface area contributed by atoms with E-state index < -0.39 is 0 Å². The normalized spacial score (nSPS) is 16.1. The summed E-state index contributed by atoms with van der Waals surface area (Å²) in [6.07, 6.45) is 0. The first-order valence-corrected chi connectivity index (χ1v) is 10.6. The van der Waals surface area contributed by atoms with Crippen LogP contribution in [0.3, 0.4) is 0 Å². The number of hydrogen-bond acceptors (Lipinski definition) is 2. The van der Waals surface area contributed by atoms with E-state index in [0.717, 1.165) is 5.75 Å².